The van der Waals surface area contributed by atoms with E-state index < -0.39 is 70.7 Å². The minimum atomic E-state index is -3.82. The van der Waals surface area contributed by atoms with Gasteiger partial charge in [0, 0.05) is 76.7 Å². The summed E-state index contributed by atoms with van der Waals surface area (Å²) in [6, 6.07) is 41.6. The third kappa shape index (κ3) is 25.3. The molecule has 35 nitrogen and oxygen atoms in total. The molecule has 0 fully saturated rings. The first-order valence-corrected chi connectivity index (χ1v) is 45.4. The summed E-state index contributed by atoms with van der Waals surface area (Å²) in [5.74, 6) is -0.699. The standard InChI is InChI=1S/C16H16BNO4S.C15H14BNO6S.C13H13BN4O4S.C13H16BNO4S.C12H12BN3O3S2.C11H13BO4.CH4/c1-10(19)12-5-2-6-13-14(9-17(21)22-16(12)13)18-15(20)8-11-4-3-7-23-11;18-15(19)12-7-4-8-13-14(12)23-16(20)10-17(13)24(21,22)9-11-5-2-1-3-6-11;1-6(19)7-3-2-4-8-9(5-14(21)22-10(7)8)16-11(20)12-17-18-13(15)23-12;1-8(16)9-4-3-5-10-11(15-12(17)7-20-2)6-14(18)19-13(9)10;1-6(17)7-3-2-4-8-9(5-13(18)19-10(7)8)20-12-16-15-11(14)21-12;1-7(13)8-4-3-5-9-10(15-2)6-12(14)16-11(8)9;/h2-7,14,21H,8-9H2,1H3,(H,18,20);1-8,20H,9-10H2,(H,18,19);2-4,9,21H,5H2,1H3,(H2,15,18)(H,16,20);3-5,11,18H,6-7H2,1-2H3,(H,15,17);2-4,9,18H,5H2,1H3,(H2,14,15);3-5,10,14H,6H2,1-2H3;1H4/t;;;;9-;10-;/m....11./s1. The average molecular weight is 1860 g/mol. The van der Waals surface area contributed by atoms with Gasteiger partial charge in [0.1, 0.15) is 40.1 Å². The van der Waals surface area contributed by atoms with Crippen molar-refractivity contribution in [1.29, 1.82) is 0 Å². The number of nitrogen functional groups attached to an aromatic ring is 2. The Morgan fingerprint density at radius 3 is 1.36 bits per heavy atom. The van der Waals surface area contributed by atoms with Crippen LogP contribution in [0.1, 0.15) is 182 Å². The van der Waals surface area contributed by atoms with E-state index in [0.29, 0.717) is 97.6 Å². The van der Waals surface area contributed by atoms with Crippen LogP contribution in [0.3, 0.4) is 0 Å². The number of nitrogens with one attached hydrogen (secondary N) is 3. The zero-order valence-electron chi connectivity index (χ0n) is 69.0. The number of carbonyl (C=O) groups is 9. The Hall–Kier alpha value is -11.5. The van der Waals surface area contributed by atoms with Crippen molar-refractivity contribution in [3.63, 3.8) is 0 Å². The number of ketones is 5. The first kappa shape index (κ1) is 98.7. The second kappa shape index (κ2) is 45.0. The first-order valence-electron chi connectivity index (χ1n) is 39.0. The number of rotatable bonds is 20. The van der Waals surface area contributed by atoms with Crippen molar-refractivity contribution in [2.75, 3.05) is 41.3 Å². The average Bonchev–Trinajstić information content (AvgIpc) is 0.793. The van der Waals surface area contributed by atoms with Gasteiger partial charge >= 0.3 is 48.7 Å². The quantitative estimate of drug-likeness (QED) is 0.0249. The molecule has 0 saturated carbocycles. The predicted molar refractivity (Wildman–Crippen MR) is 490 cm³/mol. The molecule has 0 aliphatic carbocycles. The van der Waals surface area contributed by atoms with Crippen molar-refractivity contribution in [3.05, 3.63) is 234 Å². The second-order valence-corrected chi connectivity index (χ2v) is 36.1. The van der Waals surface area contributed by atoms with Gasteiger partial charge in [-0.05, 0) is 100 Å². The van der Waals surface area contributed by atoms with Gasteiger partial charge < -0.3 is 95.3 Å². The molecule has 3 unspecified atom stereocenters. The zero-order chi connectivity index (χ0) is 91.7. The fraction of sp³-hybridized carbons (Fsp3) is 0.272. The zero-order valence-corrected chi connectivity index (χ0v) is 73.9. The van der Waals surface area contributed by atoms with Crippen LogP contribution in [0.4, 0.5) is 16.0 Å². The van der Waals surface area contributed by atoms with Crippen molar-refractivity contribution in [1.82, 2.24) is 36.3 Å². The van der Waals surface area contributed by atoms with Crippen molar-refractivity contribution in [2.45, 2.75) is 120 Å². The number of amides is 3. The predicted octanol–water partition coefficient (Wildman–Crippen LogP) is 9.42. The smallest absolute Gasteiger partial charge is 0.535 e. The maximum absolute atomic E-state index is 12.8. The Labute approximate surface area is 758 Å². The number of sulfonamides is 1. The largest absolute Gasteiger partial charge is 0.544 e. The molecular weight excluding hydrogens is 1770 g/mol. The minimum Gasteiger partial charge on any atom is -0.535 e. The van der Waals surface area contributed by atoms with Gasteiger partial charge in [-0.3, -0.25) is 42.7 Å². The lowest BCUT2D eigenvalue weighted by Crippen LogP contribution is -2.47. The SMILES string of the molecule is C.CC(=O)c1cccc2c1OB(O)CC2NC(=O)Cc1cccs1.CC(=O)c1cccc2c1OB(O)CC2NC(=O)c1nnc(N)s1.CC(=O)c1cccc2c1OB(O)C[C@H]2Sc1nnc(N)s1.CO[C@@H]1CB(O)Oc2c(C(C)=O)cccc21.CSCC(=O)NC1CB(O)Oc2c(C(C)=O)cccc21.O=C(O)c1cccc2c1OB(O)CN2S(=O)(=O)Cc1ccccc1. The van der Waals surface area contributed by atoms with E-state index >= 15 is 0 Å². The summed E-state index contributed by atoms with van der Waals surface area (Å²) in [7, 11) is -8.74. The van der Waals surface area contributed by atoms with Crippen LogP contribution in [0.5, 0.6) is 34.5 Å². The molecule has 47 heteroatoms. The van der Waals surface area contributed by atoms with E-state index in [1.165, 1.54) is 99.0 Å². The maximum Gasteiger partial charge on any atom is 0.544 e. The van der Waals surface area contributed by atoms with Crippen LogP contribution in [0, 0.1) is 0 Å². The van der Waals surface area contributed by atoms with Crippen LogP contribution in [-0.2, 0) is 36.5 Å². The summed E-state index contributed by atoms with van der Waals surface area (Å²) in [4.78, 5) is 107. The van der Waals surface area contributed by atoms with Crippen LogP contribution in [0.25, 0.3) is 0 Å². The molecule has 6 aliphatic heterocycles. The van der Waals surface area contributed by atoms with Crippen LogP contribution in [0.15, 0.2) is 161 Å². The lowest BCUT2D eigenvalue weighted by molar-refractivity contribution is -0.121. The number of carboxylic acid groups (broad SMARTS) is 1. The lowest BCUT2D eigenvalue weighted by atomic mass is 9.75. The summed E-state index contributed by atoms with van der Waals surface area (Å²) in [6.07, 6.45) is 3.10. The number of hydrogen-bond donors (Lipinski definition) is 12. The number of hydrogen-bond acceptors (Lipinski definition) is 35. The number of nitrogens with zero attached hydrogens (tertiary/aromatic N) is 5. The highest BCUT2D eigenvalue weighted by molar-refractivity contribution is 8.01. The van der Waals surface area contributed by atoms with Crippen LogP contribution in [-0.4, -0.2) is 185 Å². The molecule has 0 spiro atoms. The molecule has 10 aromatic rings. The number of carboxylic acids is 1. The molecule has 14 N–H and O–H groups in total. The van der Waals surface area contributed by atoms with Crippen molar-refractivity contribution in [3.8, 4) is 34.5 Å². The topological polar surface area (TPSA) is 537 Å². The van der Waals surface area contributed by atoms with E-state index in [-0.39, 0.29) is 130 Å². The van der Waals surface area contributed by atoms with E-state index in [2.05, 4.69) is 36.3 Å². The van der Waals surface area contributed by atoms with Crippen LogP contribution >= 0.6 is 57.5 Å². The van der Waals surface area contributed by atoms with Gasteiger partial charge in [-0.1, -0.05) is 145 Å². The summed E-state index contributed by atoms with van der Waals surface area (Å²) in [5.41, 5.74) is 17.5. The number of Topliss-reactive ketones (excluding diaryl/α,β-unsaturated/α-hetero) is 5. The fourth-order valence-corrected chi connectivity index (χ4v) is 19.3. The van der Waals surface area contributed by atoms with Crippen LogP contribution < -0.4 is 59.6 Å². The van der Waals surface area contributed by atoms with Gasteiger partial charge in [-0.15, -0.1) is 31.7 Å². The van der Waals surface area contributed by atoms with Crippen molar-refractivity contribution >= 4 is 179 Å². The number of methoxy groups -OCH3 is 1. The lowest BCUT2D eigenvalue weighted by Gasteiger charge is -2.32. The molecule has 666 valence electrons. The number of carbonyl (C=O) groups excluding carboxylic acids is 8. The summed E-state index contributed by atoms with van der Waals surface area (Å²) in [6.45, 7) is 7.26. The third-order valence-corrected chi connectivity index (χ3v) is 25.7. The minimum absolute atomic E-state index is 0. The highest BCUT2D eigenvalue weighted by atomic mass is 32.2. The maximum atomic E-state index is 12.8. The molecule has 3 amide bonds. The number of ether oxygens (including phenoxy) is 1. The number of fused-ring (bicyclic) bond motifs is 6. The summed E-state index contributed by atoms with van der Waals surface area (Å²) >= 11 is 6.69. The summed E-state index contributed by atoms with van der Waals surface area (Å²) in [5, 5.41) is 94.3. The highest BCUT2D eigenvalue weighted by Gasteiger charge is 2.42. The molecule has 128 heavy (non-hydrogen) atoms. The third-order valence-electron chi connectivity index (χ3n) is 19.7. The highest BCUT2D eigenvalue weighted by Crippen LogP contribution is 2.49. The second-order valence-electron chi connectivity index (χ2n) is 28.9. The Morgan fingerprint density at radius 1 is 0.492 bits per heavy atom. The van der Waals surface area contributed by atoms with Gasteiger partial charge in [0.25, 0.3) is 5.91 Å². The van der Waals surface area contributed by atoms with E-state index in [0.717, 1.165) is 47.1 Å². The molecule has 16 rings (SSSR count). The van der Waals surface area contributed by atoms with Crippen molar-refractivity contribution in [2.24, 2.45) is 0 Å². The molecule has 9 heterocycles. The molecule has 5 atom stereocenters. The fourth-order valence-electron chi connectivity index (χ4n) is 14.1. The normalized spacial score (nSPS) is 16.4. The van der Waals surface area contributed by atoms with Gasteiger partial charge in [0.2, 0.25) is 37.1 Å². The van der Waals surface area contributed by atoms with Gasteiger partial charge in [-0.25, -0.2) is 13.2 Å². The van der Waals surface area contributed by atoms with E-state index in [4.69, 9.17) is 44.1 Å². The molecule has 0 bridgehead atoms. The number of anilines is 3. The molecule has 0 saturated heterocycles. The Kier molecular flexibility index (Phi) is 34.7. The number of nitrogens with two attached hydrogens (primary N) is 2. The molecule has 7 aromatic carbocycles. The number of thiophene rings is 1. The van der Waals surface area contributed by atoms with E-state index in [1.807, 2.05) is 48.0 Å². The van der Waals surface area contributed by atoms with Gasteiger partial charge in [-0.2, -0.15) is 11.8 Å². The molecule has 0 radical (unpaired) electrons. The molecule has 6 aliphatic rings. The van der Waals surface area contributed by atoms with E-state index in [9.17, 15) is 86.8 Å². The Balaban J connectivity index is 0.000000160. The number of benzene rings is 7. The number of aromatic carboxylic acids is 1. The van der Waals surface area contributed by atoms with Crippen molar-refractivity contribution < 1.29 is 119 Å². The Bertz CT molecular complexity index is 5820. The number of aromatic nitrogens is 4. The van der Waals surface area contributed by atoms with Crippen LogP contribution in [0.2, 0.25) is 31.6 Å². The monoisotopic (exact) mass is 1860 g/mol. The van der Waals surface area contributed by atoms with E-state index in [1.54, 1.807) is 104 Å². The first-order chi connectivity index (χ1) is 60.6. The van der Waals surface area contributed by atoms with Gasteiger partial charge in [0.15, 0.2) is 33.3 Å². The summed E-state index contributed by atoms with van der Waals surface area (Å²) < 4.78 is 64.6. The molecular formula is C81H88B6N10O25S6. The Morgan fingerprint density at radius 2 is 0.914 bits per heavy atom. The number of thioether (sulfide) groups is 2. The number of para-hydroxylation sites is 6. The van der Waals surface area contributed by atoms with Gasteiger partial charge in [0.05, 0.1) is 82.1 Å². The molecule has 3 aromatic heterocycles.